The lowest BCUT2D eigenvalue weighted by atomic mass is 9.95. The van der Waals surface area contributed by atoms with Crippen molar-refractivity contribution in [2.24, 2.45) is 5.73 Å². The van der Waals surface area contributed by atoms with E-state index >= 15 is 0 Å². The van der Waals surface area contributed by atoms with Crippen LogP contribution in [0.4, 0.5) is 17.1 Å². The molecule has 53 heavy (non-hydrogen) atoms. The number of aliphatic hydroxyl groups is 1. The second kappa shape index (κ2) is 19.0. The summed E-state index contributed by atoms with van der Waals surface area (Å²) in [6.45, 7) is 0.522. The molecule has 0 aromatic heterocycles. The Labute approximate surface area is 309 Å². The smallest absolute Gasteiger partial charge is 0.269 e. The van der Waals surface area contributed by atoms with E-state index in [0.29, 0.717) is 42.6 Å². The number of nitrogens with two attached hydrogens (primary N) is 1. The Hall–Kier alpha value is -6.04. The van der Waals surface area contributed by atoms with Gasteiger partial charge in [-0.3, -0.25) is 19.7 Å². The molecule has 5 rings (SSSR count). The fourth-order valence-corrected chi connectivity index (χ4v) is 6.21. The first-order chi connectivity index (χ1) is 25.7. The van der Waals surface area contributed by atoms with Gasteiger partial charge in [-0.2, -0.15) is 0 Å². The molecule has 274 valence electrons. The van der Waals surface area contributed by atoms with Crippen LogP contribution in [0.2, 0.25) is 0 Å². The largest absolute Gasteiger partial charge is 0.497 e. The van der Waals surface area contributed by atoms with E-state index in [2.05, 4.69) is 39.8 Å². The van der Waals surface area contributed by atoms with E-state index in [1.165, 1.54) is 12.1 Å². The number of hydrogen-bond donors (Lipinski definition) is 4. The zero-order chi connectivity index (χ0) is 37.6. The van der Waals surface area contributed by atoms with Crippen molar-refractivity contribution < 1.29 is 24.4 Å². The predicted molar refractivity (Wildman–Crippen MR) is 207 cm³/mol. The topological polar surface area (TPSA) is 160 Å². The van der Waals surface area contributed by atoms with E-state index in [0.717, 1.165) is 22.6 Å². The van der Waals surface area contributed by atoms with E-state index in [4.69, 9.17) is 10.5 Å². The highest BCUT2D eigenvalue weighted by atomic mass is 16.6. The van der Waals surface area contributed by atoms with Gasteiger partial charge in [0.25, 0.3) is 5.69 Å². The molecule has 5 aromatic rings. The molecular weight excluding hydrogens is 670 g/mol. The highest BCUT2D eigenvalue weighted by Crippen LogP contribution is 2.34. The molecule has 0 bridgehead atoms. The average molecular weight is 716 g/mol. The molecule has 11 heteroatoms. The molecule has 0 saturated carbocycles. The molecule has 5 N–H and O–H groups in total. The summed E-state index contributed by atoms with van der Waals surface area (Å²) in [5.74, 6) is -0.143. The minimum absolute atomic E-state index is 0.0556. The zero-order valence-electron chi connectivity index (χ0n) is 29.6. The summed E-state index contributed by atoms with van der Waals surface area (Å²) >= 11 is 0. The van der Waals surface area contributed by atoms with Gasteiger partial charge in [0.1, 0.15) is 11.8 Å². The second-order valence-corrected chi connectivity index (χ2v) is 12.8. The third kappa shape index (κ3) is 10.7. The molecule has 11 nitrogen and oxygen atoms in total. The van der Waals surface area contributed by atoms with Gasteiger partial charge in [0.15, 0.2) is 0 Å². The number of hydrogen-bond acceptors (Lipinski definition) is 8. The van der Waals surface area contributed by atoms with Crippen molar-refractivity contribution in [3.63, 3.8) is 0 Å². The second-order valence-electron chi connectivity index (χ2n) is 12.8. The van der Waals surface area contributed by atoms with E-state index in [9.17, 15) is 24.8 Å². The van der Waals surface area contributed by atoms with Gasteiger partial charge < -0.3 is 31.1 Å². The molecular formula is C42H45N5O6. The van der Waals surface area contributed by atoms with Crippen LogP contribution < -0.4 is 26.0 Å². The number of ether oxygens (including phenoxy) is 1. The molecule has 2 atom stereocenters. The molecule has 0 radical (unpaired) electrons. The summed E-state index contributed by atoms with van der Waals surface area (Å²) in [5.41, 5.74) is 11.4. The number of nitro benzene ring substituents is 1. The lowest BCUT2D eigenvalue weighted by molar-refractivity contribution is -0.384. The SMILES string of the molecule is COc1ccc(N(CCCCC(NC(=O)C(N)Cc2ccc([N+](=O)[O-])cc2)C(=O)Nc2ccc(CO)cc2)C(c2ccccc2)c2ccccc2)cc1. The monoisotopic (exact) mass is 715 g/mol. The molecule has 0 aliphatic heterocycles. The van der Waals surface area contributed by atoms with Crippen molar-refractivity contribution in [1.29, 1.82) is 0 Å². The quantitative estimate of drug-likeness (QED) is 0.0451. The van der Waals surface area contributed by atoms with Gasteiger partial charge in [-0.25, -0.2) is 0 Å². The molecule has 0 spiro atoms. The number of carbonyl (C=O) groups excluding carboxylic acids is 2. The van der Waals surface area contributed by atoms with E-state index in [-0.39, 0.29) is 24.8 Å². The first kappa shape index (κ1) is 38.2. The Morgan fingerprint density at radius 3 is 1.92 bits per heavy atom. The van der Waals surface area contributed by atoms with E-state index in [1.807, 2.05) is 60.7 Å². The molecule has 0 saturated heterocycles. The van der Waals surface area contributed by atoms with Crippen molar-refractivity contribution in [2.75, 3.05) is 23.9 Å². The molecule has 0 aliphatic carbocycles. The van der Waals surface area contributed by atoms with Crippen LogP contribution in [0.5, 0.6) is 5.75 Å². The Bertz CT molecular complexity index is 1870. The van der Waals surface area contributed by atoms with Gasteiger partial charge in [-0.05, 0) is 84.3 Å². The molecule has 5 aromatic carbocycles. The van der Waals surface area contributed by atoms with Crippen LogP contribution in [0.1, 0.15) is 47.6 Å². The standard InChI is InChI=1S/C42H45N5O6/c1-53-37-25-23-35(24-26-37)46(40(32-10-4-2-5-11-32)33-12-6-3-7-13-33)27-9-8-14-39(42(50)44-34-19-15-31(29-48)16-20-34)45-41(49)38(43)28-30-17-21-36(22-18-30)47(51)52/h2-7,10-13,15-26,38-40,48H,8-9,14,27-29,43H2,1H3,(H,44,50)(H,45,49). The van der Waals surface area contributed by atoms with Crippen LogP contribution in [0.15, 0.2) is 133 Å². The number of methoxy groups -OCH3 is 1. The van der Waals surface area contributed by atoms with Crippen molar-refractivity contribution in [1.82, 2.24) is 5.32 Å². The average Bonchev–Trinajstić information content (AvgIpc) is 3.19. The number of nitrogens with one attached hydrogen (secondary N) is 2. The minimum Gasteiger partial charge on any atom is -0.497 e. The Kier molecular flexibility index (Phi) is 13.7. The number of unbranched alkanes of at least 4 members (excludes halogenated alkanes) is 1. The molecule has 0 aliphatic rings. The third-order valence-electron chi connectivity index (χ3n) is 9.06. The summed E-state index contributed by atoms with van der Waals surface area (Å²) in [4.78, 5) is 40.0. The number of carbonyl (C=O) groups is 2. The fourth-order valence-electron chi connectivity index (χ4n) is 6.21. The third-order valence-corrected chi connectivity index (χ3v) is 9.06. The number of rotatable bonds is 18. The number of benzene rings is 5. The summed E-state index contributed by atoms with van der Waals surface area (Å²) in [5, 5.41) is 26.2. The number of aliphatic hydroxyl groups excluding tert-OH is 1. The van der Waals surface area contributed by atoms with Crippen LogP contribution in [0.3, 0.4) is 0 Å². The van der Waals surface area contributed by atoms with E-state index in [1.54, 1.807) is 43.5 Å². The number of anilines is 2. The Morgan fingerprint density at radius 2 is 1.38 bits per heavy atom. The molecule has 2 unspecified atom stereocenters. The Morgan fingerprint density at radius 1 is 0.792 bits per heavy atom. The maximum Gasteiger partial charge on any atom is 0.269 e. The van der Waals surface area contributed by atoms with Gasteiger partial charge in [0.2, 0.25) is 11.8 Å². The lowest BCUT2D eigenvalue weighted by Crippen LogP contribution is -2.50. The van der Waals surface area contributed by atoms with Crippen molar-refractivity contribution in [2.45, 2.75) is 50.4 Å². The van der Waals surface area contributed by atoms with Crippen molar-refractivity contribution >= 4 is 28.9 Å². The molecule has 0 heterocycles. The molecule has 2 amide bonds. The fraction of sp³-hybridized carbons (Fsp3) is 0.238. The Balaban J connectivity index is 1.33. The van der Waals surface area contributed by atoms with Crippen molar-refractivity contribution in [3.05, 3.63) is 166 Å². The first-order valence-electron chi connectivity index (χ1n) is 17.6. The predicted octanol–water partition coefficient (Wildman–Crippen LogP) is 6.56. The van der Waals surface area contributed by atoms with Gasteiger partial charge >= 0.3 is 0 Å². The lowest BCUT2D eigenvalue weighted by Gasteiger charge is -2.35. The molecule has 0 fully saturated rings. The first-order valence-corrected chi connectivity index (χ1v) is 17.6. The van der Waals surface area contributed by atoms with Crippen LogP contribution >= 0.6 is 0 Å². The van der Waals surface area contributed by atoms with Gasteiger partial charge in [0.05, 0.1) is 30.7 Å². The zero-order valence-corrected chi connectivity index (χ0v) is 29.6. The van der Waals surface area contributed by atoms with Gasteiger partial charge in [-0.1, -0.05) is 84.9 Å². The minimum atomic E-state index is -0.987. The van der Waals surface area contributed by atoms with Gasteiger partial charge in [-0.15, -0.1) is 0 Å². The van der Waals surface area contributed by atoms with Gasteiger partial charge in [0, 0.05) is 30.1 Å². The summed E-state index contributed by atoms with van der Waals surface area (Å²) in [7, 11) is 1.64. The maximum absolute atomic E-state index is 13.7. The number of non-ortho nitro benzene ring substituents is 1. The van der Waals surface area contributed by atoms with Crippen LogP contribution in [0.25, 0.3) is 0 Å². The van der Waals surface area contributed by atoms with Crippen molar-refractivity contribution in [3.8, 4) is 5.75 Å². The number of nitrogens with zero attached hydrogens (tertiary/aromatic N) is 2. The highest BCUT2D eigenvalue weighted by Gasteiger charge is 2.26. The summed E-state index contributed by atoms with van der Waals surface area (Å²) < 4.78 is 5.44. The summed E-state index contributed by atoms with van der Waals surface area (Å²) in [6, 6.07) is 39.3. The maximum atomic E-state index is 13.7. The van der Waals surface area contributed by atoms with E-state index < -0.39 is 28.8 Å². The van der Waals surface area contributed by atoms with Crippen LogP contribution in [-0.2, 0) is 22.6 Å². The van der Waals surface area contributed by atoms with Crippen LogP contribution in [0, 0.1) is 10.1 Å². The van der Waals surface area contributed by atoms with Crippen LogP contribution in [-0.4, -0.2) is 47.6 Å². The summed E-state index contributed by atoms with van der Waals surface area (Å²) in [6.07, 6.45) is 1.77. The number of amides is 2. The highest BCUT2D eigenvalue weighted by molar-refractivity contribution is 5.97. The normalized spacial score (nSPS) is 12.1. The number of nitro groups is 1.